The first-order valence-electron chi connectivity index (χ1n) is 7.22. The average Bonchev–Trinajstić information content (AvgIpc) is 2.73. The fourth-order valence-electron chi connectivity index (χ4n) is 3.01. The summed E-state index contributed by atoms with van der Waals surface area (Å²) in [7, 11) is 1.98. The standard InChI is InChI=1S/C17H19N3O/c1-4-7-13(21)14-10(2)19-17-15(16(14)18)11-8-5-6-9-12(11)20(17)3/h5-6,8-9H,4,7H2,1-3H3,(H2,18,19). The summed E-state index contributed by atoms with van der Waals surface area (Å²) in [6, 6.07) is 8.04. The number of anilines is 1. The summed E-state index contributed by atoms with van der Waals surface area (Å²) in [5, 5.41) is 1.93. The van der Waals surface area contributed by atoms with Crippen molar-refractivity contribution in [2.45, 2.75) is 26.7 Å². The molecule has 2 aromatic heterocycles. The van der Waals surface area contributed by atoms with E-state index in [-0.39, 0.29) is 5.78 Å². The largest absolute Gasteiger partial charge is 0.397 e. The molecule has 4 nitrogen and oxygen atoms in total. The maximum absolute atomic E-state index is 12.3. The third-order valence-electron chi connectivity index (χ3n) is 4.01. The lowest BCUT2D eigenvalue weighted by atomic mass is 10.0. The van der Waals surface area contributed by atoms with Crippen LogP contribution in [0.1, 0.15) is 35.8 Å². The molecule has 21 heavy (non-hydrogen) atoms. The molecular weight excluding hydrogens is 262 g/mol. The number of para-hydroxylation sites is 1. The van der Waals surface area contributed by atoms with Gasteiger partial charge in [0.25, 0.3) is 0 Å². The van der Waals surface area contributed by atoms with Gasteiger partial charge in [-0.25, -0.2) is 4.98 Å². The fraction of sp³-hybridized carbons (Fsp3) is 0.294. The van der Waals surface area contributed by atoms with Crippen molar-refractivity contribution in [1.82, 2.24) is 9.55 Å². The quantitative estimate of drug-likeness (QED) is 0.746. The van der Waals surface area contributed by atoms with E-state index in [0.29, 0.717) is 23.4 Å². The molecule has 0 spiro atoms. The minimum atomic E-state index is 0.0786. The third kappa shape index (κ3) is 1.90. The second-order valence-electron chi connectivity index (χ2n) is 5.43. The van der Waals surface area contributed by atoms with Gasteiger partial charge in [-0.05, 0) is 19.4 Å². The average molecular weight is 281 g/mol. The predicted molar refractivity (Wildman–Crippen MR) is 86.6 cm³/mol. The molecule has 3 rings (SSSR count). The van der Waals surface area contributed by atoms with Crippen molar-refractivity contribution in [3.8, 4) is 0 Å². The zero-order valence-corrected chi connectivity index (χ0v) is 12.6. The summed E-state index contributed by atoms with van der Waals surface area (Å²) < 4.78 is 2.03. The first-order chi connectivity index (χ1) is 10.1. The summed E-state index contributed by atoms with van der Waals surface area (Å²) in [5.41, 5.74) is 10.1. The zero-order valence-electron chi connectivity index (χ0n) is 12.6. The highest BCUT2D eigenvalue weighted by molar-refractivity contribution is 6.17. The molecule has 0 saturated carbocycles. The van der Waals surface area contributed by atoms with E-state index in [0.717, 1.165) is 28.4 Å². The monoisotopic (exact) mass is 281 g/mol. The summed E-state index contributed by atoms with van der Waals surface area (Å²) >= 11 is 0. The van der Waals surface area contributed by atoms with E-state index < -0.39 is 0 Å². The van der Waals surface area contributed by atoms with E-state index in [1.165, 1.54) is 0 Å². The van der Waals surface area contributed by atoms with E-state index >= 15 is 0 Å². The number of fused-ring (bicyclic) bond motifs is 3. The van der Waals surface area contributed by atoms with Gasteiger partial charge >= 0.3 is 0 Å². The lowest BCUT2D eigenvalue weighted by Gasteiger charge is -2.09. The number of nitrogens with two attached hydrogens (primary N) is 1. The Bertz CT molecular complexity index is 861. The molecule has 2 N–H and O–H groups in total. The smallest absolute Gasteiger partial charge is 0.166 e. The minimum Gasteiger partial charge on any atom is -0.397 e. The molecule has 0 aliphatic rings. The van der Waals surface area contributed by atoms with Gasteiger partial charge in [-0.15, -0.1) is 0 Å². The lowest BCUT2D eigenvalue weighted by Crippen LogP contribution is -2.08. The van der Waals surface area contributed by atoms with Crippen molar-refractivity contribution in [2.24, 2.45) is 7.05 Å². The Kier molecular flexibility index (Phi) is 3.16. The number of nitrogen functional groups attached to an aromatic ring is 1. The molecule has 108 valence electrons. The van der Waals surface area contributed by atoms with E-state index in [1.54, 1.807) is 0 Å². The molecule has 1 aromatic carbocycles. The number of benzene rings is 1. The zero-order chi connectivity index (χ0) is 15.1. The van der Waals surface area contributed by atoms with Gasteiger partial charge in [0.05, 0.1) is 27.8 Å². The second-order valence-corrected chi connectivity index (χ2v) is 5.43. The number of rotatable bonds is 3. The second kappa shape index (κ2) is 4.88. The van der Waals surface area contributed by atoms with Gasteiger partial charge in [0, 0.05) is 18.9 Å². The van der Waals surface area contributed by atoms with E-state index in [9.17, 15) is 4.79 Å². The SMILES string of the molecule is CCCC(=O)c1c(C)nc2c(c1N)c1ccccc1n2C. The van der Waals surface area contributed by atoms with E-state index in [2.05, 4.69) is 4.98 Å². The van der Waals surface area contributed by atoms with E-state index in [1.807, 2.05) is 49.7 Å². The predicted octanol–water partition coefficient (Wildman–Crippen LogP) is 3.60. The van der Waals surface area contributed by atoms with Crippen LogP contribution in [-0.4, -0.2) is 15.3 Å². The molecule has 2 heterocycles. The Morgan fingerprint density at radius 3 is 2.76 bits per heavy atom. The number of hydrogen-bond donors (Lipinski definition) is 1. The van der Waals surface area contributed by atoms with Crippen LogP contribution < -0.4 is 5.73 Å². The fourth-order valence-corrected chi connectivity index (χ4v) is 3.01. The maximum Gasteiger partial charge on any atom is 0.166 e. The van der Waals surface area contributed by atoms with Crippen LogP contribution in [0, 0.1) is 6.92 Å². The van der Waals surface area contributed by atoms with Gasteiger partial charge in [-0.3, -0.25) is 4.79 Å². The van der Waals surface area contributed by atoms with Crippen molar-refractivity contribution in [2.75, 3.05) is 5.73 Å². The molecule has 0 amide bonds. The number of pyridine rings is 1. The van der Waals surface area contributed by atoms with Gasteiger partial charge in [0.2, 0.25) is 0 Å². The summed E-state index contributed by atoms with van der Waals surface area (Å²) in [6.07, 6.45) is 1.31. The van der Waals surface area contributed by atoms with Gasteiger partial charge in [-0.1, -0.05) is 25.1 Å². The van der Waals surface area contributed by atoms with Gasteiger partial charge < -0.3 is 10.3 Å². The third-order valence-corrected chi connectivity index (χ3v) is 4.01. The Morgan fingerprint density at radius 1 is 1.33 bits per heavy atom. The minimum absolute atomic E-state index is 0.0786. The van der Waals surface area contributed by atoms with Crippen molar-refractivity contribution >= 4 is 33.4 Å². The van der Waals surface area contributed by atoms with Crippen molar-refractivity contribution in [3.05, 3.63) is 35.5 Å². The molecule has 0 fully saturated rings. The highest BCUT2D eigenvalue weighted by Gasteiger charge is 2.20. The Morgan fingerprint density at radius 2 is 2.05 bits per heavy atom. The van der Waals surface area contributed by atoms with Crippen LogP contribution in [-0.2, 0) is 7.05 Å². The number of carbonyl (C=O) groups excluding carboxylic acids is 1. The molecule has 0 atom stereocenters. The first-order valence-corrected chi connectivity index (χ1v) is 7.22. The first kappa shape index (κ1) is 13.6. The van der Waals surface area contributed by atoms with E-state index in [4.69, 9.17) is 5.73 Å². The summed E-state index contributed by atoms with van der Waals surface area (Å²) in [6.45, 7) is 3.85. The van der Waals surface area contributed by atoms with Gasteiger partial charge in [0.15, 0.2) is 5.78 Å². The molecule has 0 radical (unpaired) electrons. The number of aromatic nitrogens is 2. The Balaban J connectivity index is 2.44. The number of aryl methyl sites for hydroxylation is 2. The molecule has 0 unspecified atom stereocenters. The van der Waals surface area contributed by atoms with Crippen LogP contribution in [0.4, 0.5) is 5.69 Å². The van der Waals surface area contributed by atoms with Crippen LogP contribution in [0.5, 0.6) is 0 Å². The summed E-state index contributed by atoms with van der Waals surface area (Å²) in [4.78, 5) is 17.0. The van der Waals surface area contributed by atoms with Crippen LogP contribution >= 0.6 is 0 Å². The van der Waals surface area contributed by atoms with Gasteiger partial charge in [0.1, 0.15) is 5.65 Å². The topological polar surface area (TPSA) is 60.9 Å². The molecule has 0 bridgehead atoms. The highest BCUT2D eigenvalue weighted by Crippen LogP contribution is 2.34. The van der Waals surface area contributed by atoms with Crippen molar-refractivity contribution in [3.63, 3.8) is 0 Å². The molecule has 3 aromatic rings. The maximum atomic E-state index is 12.3. The Hall–Kier alpha value is -2.36. The van der Waals surface area contributed by atoms with Crippen molar-refractivity contribution in [1.29, 1.82) is 0 Å². The van der Waals surface area contributed by atoms with Crippen LogP contribution in [0.2, 0.25) is 0 Å². The Labute approximate surface area is 123 Å². The number of carbonyl (C=O) groups is 1. The van der Waals surface area contributed by atoms with Crippen LogP contribution in [0.25, 0.3) is 21.9 Å². The van der Waals surface area contributed by atoms with Crippen LogP contribution in [0.15, 0.2) is 24.3 Å². The number of ketones is 1. The number of Topliss-reactive ketones (excluding diaryl/α,β-unsaturated/α-hetero) is 1. The van der Waals surface area contributed by atoms with Gasteiger partial charge in [-0.2, -0.15) is 0 Å². The summed E-state index contributed by atoms with van der Waals surface area (Å²) in [5.74, 6) is 0.0786. The molecule has 0 aliphatic heterocycles. The number of nitrogens with zero attached hydrogens (tertiary/aromatic N) is 2. The number of hydrogen-bond acceptors (Lipinski definition) is 3. The van der Waals surface area contributed by atoms with Crippen molar-refractivity contribution < 1.29 is 4.79 Å². The van der Waals surface area contributed by atoms with Crippen LogP contribution in [0.3, 0.4) is 0 Å². The normalized spacial score (nSPS) is 11.4. The molecular formula is C17H19N3O. The lowest BCUT2D eigenvalue weighted by molar-refractivity contribution is 0.0982. The molecule has 0 aliphatic carbocycles. The molecule has 4 heteroatoms. The highest BCUT2D eigenvalue weighted by atomic mass is 16.1. The molecule has 0 saturated heterocycles.